The minimum absolute atomic E-state index is 0.222. The molecule has 136 valence electrons. The first kappa shape index (κ1) is 17.9. The Morgan fingerprint density at radius 3 is 2.54 bits per heavy atom. The van der Waals surface area contributed by atoms with Crippen LogP contribution in [0.4, 0.5) is 17.6 Å². The molecule has 0 saturated carbocycles. The molecule has 0 spiro atoms. The van der Waals surface area contributed by atoms with E-state index in [0.717, 1.165) is 23.5 Å². The Kier molecular flexibility index (Phi) is 4.68. The molecular weight excluding hydrogens is 374 g/mol. The molecule has 5 nitrogen and oxygen atoms in total. The number of carbonyl (C=O) groups excluding carboxylic acids is 1. The van der Waals surface area contributed by atoms with Gasteiger partial charge in [0, 0.05) is 12.6 Å². The van der Waals surface area contributed by atoms with Crippen molar-refractivity contribution in [3.63, 3.8) is 0 Å². The fourth-order valence-corrected chi connectivity index (χ4v) is 3.19. The Labute approximate surface area is 148 Å². The van der Waals surface area contributed by atoms with Crippen LogP contribution in [0.5, 0.6) is 5.75 Å². The van der Waals surface area contributed by atoms with Gasteiger partial charge >= 0.3 is 6.36 Å². The van der Waals surface area contributed by atoms with Crippen LogP contribution in [0.3, 0.4) is 0 Å². The number of carbonyl (C=O) groups is 1. The SMILES string of the molecule is Cn1/c(=N/NC(=O)c2ccc(F)cc2)sc2cc(OC(F)(F)F)ccc21. The summed E-state index contributed by atoms with van der Waals surface area (Å²) >= 11 is 1.08. The van der Waals surface area contributed by atoms with Crippen molar-refractivity contribution < 1.29 is 27.1 Å². The van der Waals surface area contributed by atoms with E-state index in [0.29, 0.717) is 15.0 Å². The lowest BCUT2D eigenvalue weighted by molar-refractivity contribution is -0.274. The average molecular weight is 385 g/mol. The minimum Gasteiger partial charge on any atom is -0.406 e. The van der Waals surface area contributed by atoms with Crippen LogP contribution < -0.4 is 15.0 Å². The van der Waals surface area contributed by atoms with Gasteiger partial charge in [-0.3, -0.25) is 4.79 Å². The molecule has 10 heteroatoms. The number of rotatable bonds is 3. The quantitative estimate of drug-likeness (QED) is 0.554. The Balaban J connectivity index is 1.87. The Morgan fingerprint density at radius 1 is 1.19 bits per heavy atom. The van der Waals surface area contributed by atoms with Crippen molar-refractivity contribution in [2.75, 3.05) is 0 Å². The van der Waals surface area contributed by atoms with Crippen molar-refractivity contribution in [2.45, 2.75) is 6.36 Å². The third-order valence-electron chi connectivity index (χ3n) is 3.37. The van der Waals surface area contributed by atoms with Gasteiger partial charge in [-0.2, -0.15) is 0 Å². The summed E-state index contributed by atoms with van der Waals surface area (Å²) in [7, 11) is 1.66. The lowest BCUT2D eigenvalue weighted by Gasteiger charge is -2.08. The first-order chi connectivity index (χ1) is 12.2. The molecule has 0 aliphatic carbocycles. The van der Waals surface area contributed by atoms with Gasteiger partial charge in [0.15, 0.2) is 0 Å². The van der Waals surface area contributed by atoms with Crippen molar-refractivity contribution >= 4 is 27.5 Å². The van der Waals surface area contributed by atoms with Crippen LogP contribution in [0.2, 0.25) is 0 Å². The lowest BCUT2D eigenvalue weighted by Crippen LogP contribution is -2.23. The summed E-state index contributed by atoms with van der Waals surface area (Å²) in [4.78, 5) is 12.4. The summed E-state index contributed by atoms with van der Waals surface area (Å²) in [6, 6.07) is 8.83. The molecular formula is C16H11F4N3O2S. The smallest absolute Gasteiger partial charge is 0.406 e. The highest BCUT2D eigenvalue weighted by Crippen LogP contribution is 2.27. The predicted octanol–water partition coefficient (Wildman–Crippen LogP) is 3.52. The van der Waals surface area contributed by atoms with Gasteiger partial charge in [-0.15, -0.1) is 18.3 Å². The zero-order valence-electron chi connectivity index (χ0n) is 13.2. The molecule has 2 aromatic carbocycles. The van der Waals surface area contributed by atoms with Gasteiger partial charge in [-0.05, 0) is 42.5 Å². The van der Waals surface area contributed by atoms with Gasteiger partial charge in [0.05, 0.1) is 10.2 Å². The molecule has 3 rings (SSSR count). The number of hydrogen-bond acceptors (Lipinski definition) is 4. The van der Waals surface area contributed by atoms with Crippen molar-refractivity contribution in [2.24, 2.45) is 12.1 Å². The molecule has 0 aliphatic rings. The number of aryl methyl sites for hydroxylation is 1. The fourth-order valence-electron chi connectivity index (χ4n) is 2.18. The number of thiazole rings is 1. The molecule has 1 amide bonds. The number of alkyl halides is 3. The molecule has 0 unspecified atom stereocenters. The van der Waals surface area contributed by atoms with Crippen LogP contribution >= 0.6 is 11.3 Å². The molecule has 1 aromatic heterocycles. The second-order valence-electron chi connectivity index (χ2n) is 5.18. The van der Waals surface area contributed by atoms with Crippen molar-refractivity contribution in [1.82, 2.24) is 9.99 Å². The van der Waals surface area contributed by atoms with Crippen molar-refractivity contribution in [3.05, 3.63) is 58.6 Å². The average Bonchev–Trinajstić information content (AvgIpc) is 2.87. The normalized spacial score (nSPS) is 12.4. The van der Waals surface area contributed by atoms with Crippen molar-refractivity contribution in [1.29, 1.82) is 0 Å². The summed E-state index contributed by atoms with van der Waals surface area (Å²) in [5.41, 5.74) is 3.18. The number of hydrogen-bond donors (Lipinski definition) is 1. The van der Waals surface area contributed by atoms with Crippen LogP contribution in [0.1, 0.15) is 10.4 Å². The van der Waals surface area contributed by atoms with E-state index in [-0.39, 0.29) is 11.3 Å². The molecule has 26 heavy (non-hydrogen) atoms. The van der Waals surface area contributed by atoms with E-state index < -0.39 is 18.1 Å². The largest absolute Gasteiger partial charge is 0.573 e. The zero-order valence-corrected chi connectivity index (χ0v) is 14.0. The van der Waals surface area contributed by atoms with E-state index in [1.54, 1.807) is 11.6 Å². The molecule has 3 aromatic rings. The first-order valence-corrected chi connectivity index (χ1v) is 7.99. The van der Waals surface area contributed by atoms with Crippen LogP contribution in [0.15, 0.2) is 47.6 Å². The summed E-state index contributed by atoms with van der Waals surface area (Å²) < 4.78 is 55.8. The molecule has 0 aliphatic heterocycles. The number of benzene rings is 2. The van der Waals surface area contributed by atoms with Gasteiger partial charge in [0.2, 0.25) is 4.80 Å². The second kappa shape index (κ2) is 6.79. The van der Waals surface area contributed by atoms with Gasteiger partial charge in [-0.1, -0.05) is 11.3 Å². The highest BCUT2D eigenvalue weighted by atomic mass is 32.1. The molecule has 0 saturated heterocycles. The van der Waals surface area contributed by atoms with Crippen LogP contribution in [0.25, 0.3) is 10.2 Å². The topological polar surface area (TPSA) is 55.6 Å². The highest BCUT2D eigenvalue weighted by molar-refractivity contribution is 7.16. The Morgan fingerprint density at radius 2 is 1.88 bits per heavy atom. The van der Waals surface area contributed by atoms with Crippen LogP contribution in [-0.2, 0) is 7.05 Å². The van der Waals surface area contributed by atoms with Crippen LogP contribution in [0, 0.1) is 5.82 Å². The number of nitrogens with one attached hydrogen (secondary N) is 1. The number of nitrogens with zero attached hydrogens (tertiary/aromatic N) is 2. The maximum atomic E-state index is 12.9. The maximum Gasteiger partial charge on any atom is 0.573 e. The maximum absolute atomic E-state index is 12.9. The summed E-state index contributed by atoms with van der Waals surface area (Å²) in [6.45, 7) is 0. The van der Waals surface area contributed by atoms with E-state index in [1.807, 2.05) is 0 Å². The highest BCUT2D eigenvalue weighted by Gasteiger charge is 2.31. The van der Waals surface area contributed by atoms with E-state index >= 15 is 0 Å². The van der Waals surface area contributed by atoms with E-state index in [1.165, 1.54) is 30.3 Å². The van der Waals surface area contributed by atoms with E-state index in [4.69, 9.17) is 0 Å². The number of aromatic nitrogens is 1. The number of fused-ring (bicyclic) bond motifs is 1. The van der Waals surface area contributed by atoms with Gasteiger partial charge in [0.1, 0.15) is 11.6 Å². The predicted molar refractivity (Wildman–Crippen MR) is 86.9 cm³/mol. The molecule has 0 radical (unpaired) electrons. The first-order valence-electron chi connectivity index (χ1n) is 7.18. The zero-order chi connectivity index (χ0) is 18.9. The summed E-state index contributed by atoms with van der Waals surface area (Å²) in [5.74, 6) is -1.34. The van der Waals surface area contributed by atoms with E-state index in [2.05, 4.69) is 15.3 Å². The number of halogens is 4. The standard InChI is InChI=1S/C16H11F4N3O2S/c1-23-12-7-6-11(25-16(18,19)20)8-13(12)26-15(23)22-21-14(24)9-2-4-10(17)5-3-9/h2-8H,1H3,(H,21,24)/b22-15-. The molecule has 0 atom stereocenters. The number of amides is 1. The molecule has 1 heterocycles. The van der Waals surface area contributed by atoms with Gasteiger partial charge in [0.25, 0.3) is 5.91 Å². The van der Waals surface area contributed by atoms with E-state index in [9.17, 15) is 22.4 Å². The van der Waals surface area contributed by atoms with Gasteiger partial charge in [-0.25, -0.2) is 9.82 Å². The number of ether oxygens (including phenoxy) is 1. The summed E-state index contributed by atoms with van der Waals surface area (Å²) in [6.07, 6.45) is -4.77. The molecule has 0 fully saturated rings. The second-order valence-corrected chi connectivity index (χ2v) is 6.19. The Hall–Kier alpha value is -2.88. The third-order valence-corrected chi connectivity index (χ3v) is 4.47. The fraction of sp³-hybridized carbons (Fsp3) is 0.125. The lowest BCUT2D eigenvalue weighted by atomic mass is 10.2. The molecule has 1 N–H and O–H groups in total. The third kappa shape index (κ3) is 4.02. The van der Waals surface area contributed by atoms with Crippen molar-refractivity contribution in [3.8, 4) is 5.75 Å². The molecule has 0 bridgehead atoms. The minimum atomic E-state index is -4.77. The van der Waals surface area contributed by atoms with Gasteiger partial charge < -0.3 is 9.30 Å². The Bertz CT molecular complexity index is 1020. The summed E-state index contributed by atoms with van der Waals surface area (Å²) in [5, 5.41) is 3.97. The monoisotopic (exact) mass is 385 g/mol. The van der Waals surface area contributed by atoms with Crippen LogP contribution in [-0.4, -0.2) is 16.8 Å².